The Labute approximate surface area is 96.8 Å². The van der Waals surface area contributed by atoms with Crippen LogP contribution < -0.4 is 5.73 Å². The van der Waals surface area contributed by atoms with Crippen LogP contribution in [0.15, 0.2) is 0 Å². The molecule has 92 valence electrons. The van der Waals surface area contributed by atoms with Gasteiger partial charge in [-0.1, -0.05) is 12.8 Å². The average molecular weight is 226 g/mol. The maximum atomic E-state index is 11.1. The van der Waals surface area contributed by atoms with E-state index in [1.807, 2.05) is 0 Å². The molecule has 2 unspecified atom stereocenters. The first kappa shape index (κ1) is 11.9. The Morgan fingerprint density at radius 2 is 1.88 bits per heavy atom. The maximum Gasteiger partial charge on any atom is 0.323 e. The van der Waals surface area contributed by atoms with Gasteiger partial charge < -0.3 is 15.7 Å². The zero-order valence-electron chi connectivity index (χ0n) is 9.82. The van der Waals surface area contributed by atoms with Crippen LogP contribution in [0.2, 0.25) is 0 Å². The molecule has 0 aromatic heterocycles. The van der Waals surface area contributed by atoms with E-state index in [-0.39, 0.29) is 0 Å². The SMILES string of the molecule is NC1(C(=O)O)CCC(N2CCCCCC2)C1. The third kappa shape index (κ3) is 2.38. The highest BCUT2D eigenvalue weighted by atomic mass is 16.4. The molecule has 4 nitrogen and oxygen atoms in total. The summed E-state index contributed by atoms with van der Waals surface area (Å²) < 4.78 is 0. The van der Waals surface area contributed by atoms with Crippen molar-refractivity contribution in [2.75, 3.05) is 13.1 Å². The second-order valence-corrected chi connectivity index (χ2v) is 5.31. The maximum absolute atomic E-state index is 11.1. The van der Waals surface area contributed by atoms with Crippen LogP contribution >= 0.6 is 0 Å². The fourth-order valence-corrected chi connectivity index (χ4v) is 3.01. The van der Waals surface area contributed by atoms with E-state index in [4.69, 9.17) is 10.8 Å². The molecular formula is C12H22N2O2. The van der Waals surface area contributed by atoms with Crippen molar-refractivity contribution < 1.29 is 9.90 Å². The Kier molecular flexibility index (Phi) is 3.50. The molecule has 0 bridgehead atoms. The van der Waals surface area contributed by atoms with Crippen LogP contribution in [0.25, 0.3) is 0 Å². The Bertz CT molecular complexity index is 262. The highest BCUT2D eigenvalue weighted by Gasteiger charge is 2.43. The van der Waals surface area contributed by atoms with Gasteiger partial charge in [-0.05, 0) is 45.2 Å². The van der Waals surface area contributed by atoms with Crippen molar-refractivity contribution >= 4 is 5.97 Å². The summed E-state index contributed by atoms with van der Waals surface area (Å²) in [6.45, 7) is 2.25. The van der Waals surface area contributed by atoms with Crippen LogP contribution in [0.4, 0.5) is 0 Å². The van der Waals surface area contributed by atoms with Crippen LogP contribution in [-0.4, -0.2) is 40.6 Å². The van der Waals surface area contributed by atoms with Crippen molar-refractivity contribution in [3.8, 4) is 0 Å². The molecule has 4 heteroatoms. The number of hydrogen-bond acceptors (Lipinski definition) is 3. The molecule has 0 radical (unpaired) electrons. The minimum absolute atomic E-state index is 0.402. The minimum Gasteiger partial charge on any atom is -0.480 e. The zero-order chi connectivity index (χ0) is 11.6. The largest absolute Gasteiger partial charge is 0.480 e. The first-order valence-corrected chi connectivity index (χ1v) is 6.38. The topological polar surface area (TPSA) is 66.6 Å². The monoisotopic (exact) mass is 226 g/mol. The van der Waals surface area contributed by atoms with E-state index in [0.717, 1.165) is 19.5 Å². The number of carboxylic acids is 1. The van der Waals surface area contributed by atoms with Gasteiger partial charge in [-0.2, -0.15) is 0 Å². The lowest BCUT2D eigenvalue weighted by molar-refractivity contribution is -0.143. The molecule has 0 aromatic rings. The minimum atomic E-state index is -0.961. The molecule has 2 rings (SSSR count). The standard InChI is InChI=1S/C12H22N2O2/c13-12(11(15)16)6-5-10(9-12)14-7-3-1-2-4-8-14/h10H,1-9,13H2,(H,15,16). The molecule has 1 saturated carbocycles. The van der Waals surface area contributed by atoms with Gasteiger partial charge >= 0.3 is 5.97 Å². The van der Waals surface area contributed by atoms with Gasteiger partial charge in [-0.25, -0.2) is 0 Å². The molecule has 2 fully saturated rings. The summed E-state index contributed by atoms with van der Waals surface area (Å²) >= 11 is 0. The lowest BCUT2D eigenvalue weighted by Crippen LogP contribution is -2.47. The van der Waals surface area contributed by atoms with E-state index in [0.29, 0.717) is 18.9 Å². The smallest absolute Gasteiger partial charge is 0.323 e. The van der Waals surface area contributed by atoms with Gasteiger partial charge in [0, 0.05) is 6.04 Å². The fraction of sp³-hybridized carbons (Fsp3) is 0.917. The van der Waals surface area contributed by atoms with Crippen molar-refractivity contribution in [3.05, 3.63) is 0 Å². The number of carboxylic acid groups (broad SMARTS) is 1. The molecule has 3 N–H and O–H groups in total. The Hall–Kier alpha value is -0.610. The summed E-state index contributed by atoms with van der Waals surface area (Å²) in [4.78, 5) is 13.5. The van der Waals surface area contributed by atoms with E-state index in [1.165, 1.54) is 25.7 Å². The molecule has 2 aliphatic rings. The second-order valence-electron chi connectivity index (χ2n) is 5.31. The normalized spacial score (nSPS) is 37.2. The Morgan fingerprint density at radius 1 is 1.25 bits per heavy atom. The van der Waals surface area contributed by atoms with Gasteiger partial charge in [0.2, 0.25) is 0 Å². The number of rotatable bonds is 2. The van der Waals surface area contributed by atoms with Crippen molar-refractivity contribution in [1.82, 2.24) is 4.90 Å². The number of carbonyl (C=O) groups is 1. The van der Waals surface area contributed by atoms with Crippen molar-refractivity contribution in [2.45, 2.75) is 56.5 Å². The van der Waals surface area contributed by atoms with Crippen molar-refractivity contribution in [3.63, 3.8) is 0 Å². The predicted molar refractivity (Wildman–Crippen MR) is 62.2 cm³/mol. The number of likely N-dealkylation sites (tertiary alicyclic amines) is 1. The van der Waals surface area contributed by atoms with Gasteiger partial charge in [0.05, 0.1) is 0 Å². The molecule has 0 aromatic carbocycles. The van der Waals surface area contributed by atoms with Crippen LogP contribution in [0.5, 0.6) is 0 Å². The van der Waals surface area contributed by atoms with Gasteiger partial charge in [0.15, 0.2) is 0 Å². The van der Waals surface area contributed by atoms with Crippen molar-refractivity contribution in [1.29, 1.82) is 0 Å². The molecule has 1 aliphatic heterocycles. The highest BCUT2D eigenvalue weighted by molar-refractivity contribution is 5.79. The van der Waals surface area contributed by atoms with Crippen LogP contribution in [0, 0.1) is 0 Å². The number of aliphatic carboxylic acids is 1. The van der Waals surface area contributed by atoms with Gasteiger partial charge in [0.1, 0.15) is 5.54 Å². The second kappa shape index (κ2) is 4.72. The molecule has 1 saturated heterocycles. The van der Waals surface area contributed by atoms with Gasteiger partial charge in [-0.3, -0.25) is 4.79 Å². The first-order chi connectivity index (χ1) is 7.62. The lowest BCUT2D eigenvalue weighted by atomic mass is 9.99. The molecule has 0 spiro atoms. The predicted octanol–water partition coefficient (Wildman–Crippen LogP) is 1.20. The summed E-state index contributed by atoms with van der Waals surface area (Å²) in [5, 5.41) is 9.10. The van der Waals surface area contributed by atoms with Crippen LogP contribution in [0.3, 0.4) is 0 Å². The molecule has 0 amide bonds. The quantitative estimate of drug-likeness (QED) is 0.742. The fourth-order valence-electron chi connectivity index (χ4n) is 3.01. The van der Waals surface area contributed by atoms with Crippen LogP contribution in [-0.2, 0) is 4.79 Å². The Morgan fingerprint density at radius 3 is 2.38 bits per heavy atom. The third-order valence-corrected chi connectivity index (χ3v) is 4.11. The number of nitrogens with two attached hydrogens (primary N) is 1. The van der Waals surface area contributed by atoms with E-state index in [2.05, 4.69) is 4.90 Å². The van der Waals surface area contributed by atoms with Crippen molar-refractivity contribution in [2.24, 2.45) is 5.73 Å². The summed E-state index contributed by atoms with van der Waals surface area (Å²) in [5.41, 5.74) is 4.95. The van der Waals surface area contributed by atoms with E-state index in [1.54, 1.807) is 0 Å². The van der Waals surface area contributed by atoms with Gasteiger partial charge in [0.25, 0.3) is 0 Å². The summed E-state index contributed by atoms with van der Waals surface area (Å²) in [7, 11) is 0. The van der Waals surface area contributed by atoms with E-state index in [9.17, 15) is 4.79 Å². The summed E-state index contributed by atoms with van der Waals surface area (Å²) in [5.74, 6) is -0.829. The van der Waals surface area contributed by atoms with E-state index >= 15 is 0 Å². The number of hydrogen-bond donors (Lipinski definition) is 2. The zero-order valence-corrected chi connectivity index (χ0v) is 9.82. The Balaban J connectivity index is 1.94. The first-order valence-electron chi connectivity index (χ1n) is 6.38. The lowest BCUT2D eigenvalue weighted by Gasteiger charge is -2.28. The molecule has 1 aliphatic carbocycles. The average Bonchev–Trinajstić information content (AvgIpc) is 2.51. The van der Waals surface area contributed by atoms with Gasteiger partial charge in [-0.15, -0.1) is 0 Å². The molecular weight excluding hydrogens is 204 g/mol. The van der Waals surface area contributed by atoms with E-state index < -0.39 is 11.5 Å². The summed E-state index contributed by atoms with van der Waals surface area (Å²) in [6.07, 6.45) is 7.34. The molecule has 1 heterocycles. The number of nitrogens with zero attached hydrogens (tertiary/aromatic N) is 1. The third-order valence-electron chi connectivity index (χ3n) is 4.11. The highest BCUT2D eigenvalue weighted by Crippen LogP contribution is 2.32. The molecule has 2 atom stereocenters. The summed E-state index contributed by atoms with van der Waals surface area (Å²) in [6, 6.07) is 0.402. The van der Waals surface area contributed by atoms with Crippen LogP contribution in [0.1, 0.15) is 44.9 Å². The molecule has 16 heavy (non-hydrogen) atoms.